The fourth-order valence-corrected chi connectivity index (χ4v) is 3.37. The summed E-state index contributed by atoms with van der Waals surface area (Å²) in [6, 6.07) is 9.11. The van der Waals surface area contributed by atoms with E-state index in [0.29, 0.717) is 6.04 Å². The molecule has 3 heteroatoms. The van der Waals surface area contributed by atoms with Crippen molar-refractivity contribution in [3.05, 3.63) is 41.0 Å². The molecule has 0 N–H and O–H groups in total. The standard InChI is InChI=1S/C17H19N3/c1-2-13-10-20-11-18-16-14-8-4-3-6-12(14)7-5-9-15(16)17(20)19-13/h3-4,6,8,11,13H,2,5,7,9-10H2,1H3. The fourth-order valence-electron chi connectivity index (χ4n) is 3.37. The Bertz CT molecular complexity index is 639. The molecule has 0 bridgehead atoms. The second-order valence-electron chi connectivity index (χ2n) is 5.75. The normalized spacial score (nSPS) is 23.9. The van der Waals surface area contributed by atoms with Crippen molar-refractivity contribution in [2.75, 3.05) is 6.54 Å². The van der Waals surface area contributed by atoms with Crippen molar-refractivity contribution in [3.63, 3.8) is 0 Å². The number of rotatable bonds is 1. The maximum absolute atomic E-state index is 4.92. The van der Waals surface area contributed by atoms with Gasteiger partial charge in [0.2, 0.25) is 0 Å². The summed E-state index contributed by atoms with van der Waals surface area (Å²) in [5, 5.41) is 0. The van der Waals surface area contributed by atoms with Crippen molar-refractivity contribution >= 4 is 17.9 Å². The number of aliphatic imine (C=N–C) groups is 2. The second-order valence-corrected chi connectivity index (χ2v) is 5.75. The quantitative estimate of drug-likeness (QED) is 0.766. The molecule has 1 unspecified atom stereocenters. The highest BCUT2D eigenvalue weighted by Gasteiger charge is 2.31. The van der Waals surface area contributed by atoms with E-state index in [1.54, 1.807) is 0 Å². The van der Waals surface area contributed by atoms with Crippen molar-refractivity contribution in [1.29, 1.82) is 0 Å². The minimum Gasteiger partial charge on any atom is -0.315 e. The van der Waals surface area contributed by atoms with Gasteiger partial charge in [0, 0.05) is 17.7 Å². The van der Waals surface area contributed by atoms with Crippen LogP contribution in [0.25, 0.3) is 5.70 Å². The lowest BCUT2D eigenvalue weighted by atomic mass is 10.0. The van der Waals surface area contributed by atoms with Gasteiger partial charge in [0.25, 0.3) is 0 Å². The largest absolute Gasteiger partial charge is 0.315 e. The molecule has 2 aliphatic heterocycles. The molecule has 102 valence electrons. The first kappa shape index (κ1) is 11.9. The van der Waals surface area contributed by atoms with Gasteiger partial charge in [-0.1, -0.05) is 31.2 Å². The highest BCUT2D eigenvalue weighted by molar-refractivity contribution is 6.13. The predicted octanol–water partition coefficient (Wildman–Crippen LogP) is 3.27. The first-order valence-electron chi connectivity index (χ1n) is 7.57. The first-order valence-corrected chi connectivity index (χ1v) is 7.57. The Hall–Kier alpha value is -1.90. The average molecular weight is 265 g/mol. The number of benzene rings is 1. The Morgan fingerprint density at radius 1 is 1.25 bits per heavy atom. The van der Waals surface area contributed by atoms with E-state index in [2.05, 4.69) is 36.1 Å². The van der Waals surface area contributed by atoms with Gasteiger partial charge in [-0.3, -0.25) is 4.99 Å². The monoisotopic (exact) mass is 265 g/mol. The van der Waals surface area contributed by atoms with Crippen molar-refractivity contribution in [1.82, 2.24) is 4.90 Å². The summed E-state index contributed by atoms with van der Waals surface area (Å²) in [6.07, 6.45) is 6.51. The lowest BCUT2D eigenvalue weighted by Gasteiger charge is -2.23. The van der Waals surface area contributed by atoms with E-state index in [1.165, 1.54) is 29.0 Å². The molecule has 3 nitrogen and oxygen atoms in total. The molecule has 1 aromatic rings. The van der Waals surface area contributed by atoms with Crippen molar-refractivity contribution in [3.8, 4) is 0 Å². The number of fused-ring (bicyclic) bond motifs is 4. The summed E-state index contributed by atoms with van der Waals surface area (Å²) in [6.45, 7) is 3.20. The molecule has 1 atom stereocenters. The fraction of sp³-hybridized carbons (Fsp3) is 0.412. The molecule has 2 heterocycles. The topological polar surface area (TPSA) is 28.0 Å². The summed E-state index contributed by atoms with van der Waals surface area (Å²) < 4.78 is 0. The number of nitrogens with zero attached hydrogens (tertiary/aromatic N) is 3. The molecule has 20 heavy (non-hydrogen) atoms. The Morgan fingerprint density at radius 3 is 3.05 bits per heavy atom. The van der Waals surface area contributed by atoms with E-state index in [-0.39, 0.29) is 0 Å². The van der Waals surface area contributed by atoms with E-state index in [1.807, 2.05) is 6.34 Å². The van der Waals surface area contributed by atoms with Gasteiger partial charge in [0.15, 0.2) is 0 Å². The highest BCUT2D eigenvalue weighted by atomic mass is 15.3. The number of hydrogen-bond acceptors (Lipinski definition) is 3. The van der Waals surface area contributed by atoms with Crippen molar-refractivity contribution in [2.24, 2.45) is 9.98 Å². The van der Waals surface area contributed by atoms with E-state index < -0.39 is 0 Å². The summed E-state index contributed by atoms with van der Waals surface area (Å²) >= 11 is 0. The molecular weight excluding hydrogens is 246 g/mol. The smallest absolute Gasteiger partial charge is 0.134 e. The lowest BCUT2D eigenvalue weighted by molar-refractivity contribution is 0.568. The first-order chi connectivity index (χ1) is 9.86. The van der Waals surface area contributed by atoms with E-state index in [9.17, 15) is 0 Å². The van der Waals surface area contributed by atoms with Crippen LogP contribution < -0.4 is 0 Å². The van der Waals surface area contributed by atoms with Crippen LogP contribution in [0.5, 0.6) is 0 Å². The predicted molar refractivity (Wildman–Crippen MR) is 83.0 cm³/mol. The maximum Gasteiger partial charge on any atom is 0.134 e. The van der Waals surface area contributed by atoms with Crippen LogP contribution in [0.3, 0.4) is 0 Å². The Kier molecular flexibility index (Phi) is 2.72. The van der Waals surface area contributed by atoms with Gasteiger partial charge in [-0.05, 0) is 31.2 Å². The molecular formula is C17H19N3. The van der Waals surface area contributed by atoms with Crippen LogP contribution in [0.1, 0.15) is 37.3 Å². The minimum atomic E-state index is 0.432. The molecule has 1 aromatic carbocycles. The Labute approximate surface area is 119 Å². The number of amidine groups is 1. The molecule has 0 saturated heterocycles. The molecule has 4 rings (SSSR count). The van der Waals surface area contributed by atoms with Crippen LogP contribution in [0.4, 0.5) is 0 Å². The zero-order valence-corrected chi connectivity index (χ0v) is 11.8. The Morgan fingerprint density at radius 2 is 2.15 bits per heavy atom. The molecule has 0 spiro atoms. The third-order valence-electron chi connectivity index (χ3n) is 4.48. The summed E-state index contributed by atoms with van der Waals surface area (Å²) in [5.41, 5.74) is 5.24. The van der Waals surface area contributed by atoms with Crippen molar-refractivity contribution in [2.45, 2.75) is 38.6 Å². The maximum atomic E-state index is 4.92. The number of hydrogen-bond donors (Lipinski definition) is 0. The molecule has 3 aliphatic rings. The molecule has 0 saturated carbocycles. The van der Waals surface area contributed by atoms with Gasteiger partial charge in [0.1, 0.15) is 5.84 Å². The van der Waals surface area contributed by atoms with Gasteiger partial charge in [0.05, 0.1) is 18.1 Å². The molecule has 0 fully saturated rings. The SMILES string of the molecule is CCC1CN2C=NC3=C(CCCc4ccccc43)C2=N1. The van der Waals surface area contributed by atoms with E-state index >= 15 is 0 Å². The van der Waals surface area contributed by atoms with Crippen molar-refractivity contribution < 1.29 is 0 Å². The number of aryl methyl sites for hydroxylation is 1. The van der Waals surface area contributed by atoms with Gasteiger partial charge in [-0.15, -0.1) is 0 Å². The average Bonchev–Trinajstić information content (AvgIpc) is 2.82. The van der Waals surface area contributed by atoms with Gasteiger partial charge in [-0.25, -0.2) is 4.99 Å². The second kappa shape index (κ2) is 4.58. The lowest BCUT2D eigenvalue weighted by Crippen LogP contribution is -2.31. The third kappa shape index (κ3) is 1.73. The van der Waals surface area contributed by atoms with Gasteiger partial charge < -0.3 is 4.90 Å². The minimum absolute atomic E-state index is 0.432. The Balaban J connectivity index is 1.86. The summed E-state index contributed by atoms with van der Waals surface area (Å²) in [5.74, 6) is 1.18. The van der Waals surface area contributed by atoms with Crippen LogP contribution >= 0.6 is 0 Å². The van der Waals surface area contributed by atoms with Gasteiger partial charge in [-0.2, -0.15) is 0 Å². The molecule has 1 aliphatic carbocycles. The van der Waals surface area contributed by atoms with Crippen LogP contribution in [0.2, 0.25) is 0 Å². The van der Waals surface area contributed by atoms with Crippen LogP contribution in [0.15, 0.2) is 39.8 Å². The molecule has 0 amide bonds. The van der Waals surface area contributed by atoms with Crippen LogP contribution in [-0.2, 0) is 6.42 Å². The summed E-state index contributed by atoms with van der Waals surface area (Å²) in [7, 11) is 0. The van der Waals surface area contributed by atoms with Crippen LogP contribution in [-0.4, -0.2) is 29.7 Å². The zero-order chi connectivity index (χ0) is 13.5. The summed E-state index contributed by atoms with van der Waals surface area (Å²) in [4.78, 5) is 11.9. The van der Waals surface area contributed by atoms with Crippen LogP contribution in [0, 0.1) is 0 Å². The third-order valence-corrected chi connectivity index (χ3v) is 4.48. The van der Waals surface area contributed by atoms with E-state index in [0.717, 1.165) is 31.5 Å². The van der Waals surface area contributed by atoms with Gasteiger partial charge >= 0.3 is 0 Å². The zero-order valence-electron chi connectivity index (χ0n) is 11.8. The highest BCUT2D eigenvalue weighted by Crippen LogP contribution is 2.35. The van der Waals surface area contributed by atoms with E-state index in [4.69, 9.17) is 9.98 Å². The molecule has 0 aromatic heterocycles. The molecule has 0 radical (unpaired) electrons.